The fraction of sp³-hybridized carbons (Fsp3) is 0.636. The normalized spacial score (nSPS) is 17.9. The van der Waals surface area contributed by atoms with E-state index in [-0.39, 0.29) is 41.2 Å². The van der Waals surface area contributed by atoms with E-state index in [1.165, 1.54) is 5.56 Å². The van der Waals surface area contributed by atoms with Gasteiger partial charge in [-0.25, -0.2) is 0 Å². The summed E-state index contributed by atoms with van der Waals surface area (Å²) in [5.74, 6) is 0.656. The molecule has 0 aliphatic carbocycles. The first-order chi connectivity index (χ1) is 13.8. The molecule has 6 nitrogen and oxygen atoms in total. The number of hydrogen-bond acceptors (Lipinski definition) is 3. The van der Waals surface area contributed by atoms with Crippen molar-refractivity contribution >= 4 is 47.4 Å². The minimum atomic E-state index is -0.169. The molecular weight excluding hydrogens is 513 g/mol. The van der Waals surface area contributed by atoms with E-state index in [0.717, 1.165) is 69.4 Å². The Morgan fingerprint density at radius 1 is 1.37 bits per heavy atom. The Morgan fingerprint density at radius 3 is 2.80 bits per heavy atom. The van der Waals surface area contributed by atoms with E-state index in [0.29, 0.717) is 0 Å². The van der Waals surface area contributed by atoms with E-state index in [4.69, 9.17) is 17.3 Å². The van der Waals surface area contributed by atoms with Gasteiger partial charge < -0.3 is 21.3 Å². The summed E-state index contributed by atoms with van der Waals surface area (Å²) < 4.78 is 0. The molecule has 1 amide bonds. The number of nitrogens with one attached hydrogen (secondary N) is 2. The van der Waals surface area contributed by atoms with Crippen molar-refractivity contribution < 1.29 is 4.79 Å². The molecule has 1 fully saturated rings. The summed E-state index contributed by atoms with van der Waals surface area (Å²) in [4.78, 5) is 18.1. The molecule has 0 bridgehead atoms. The topological polar surface area (TPSA) is 82.8 Å². The zero-order valence-corrected chi connectivity index (χ0v) is 21.5. The minimum absolute atomic E-state index is 0. The Balaban J connectivity index is 0.00000450. The van der Waals surface area contributed by atoms with Crippen LogP contribution in [-0.4, -0.2) is 56.5 Å². The predicted octanol–water partition coefficient (Wildman–Crippen LogP) is 3.28. The second-order valence-corrected chi connectivity index (χ2v) is 9.16. The monoisotopic (exact) mass is 549 g/mol. The van der Waals surface area contributed by atoms with Gasteiger partial charge in [0.25, 0.3) is 0 Å². The van der Waals surface area contributed by atoms with E-state index in [9.17, 15) is 4.79 Å². The molecule has 0 spiro atoms. The molecule has 1 unspecified atom stereocenters. The number of nitrogens with zero attached hydrogens (tertiary/aromatic N) is 2. The van der Waals surface area contributed by atoms with Crippen molar-refractivity contribution in [2.45, 2.75) is 39.5 Å². The molecule has 1 atom stereocenters. The van der Waals surface area contributed by atoms with E-state index < -0.39 is 0 Å². The van der Waals surface area contributed by atoms with Crippen molar-refractivity contribution in [3.05, 3.63) is 34.9 Å². The number of primary amides is 1. The average molecular weight is 550 g/mol. The molecule has 0 aromatic heterocycles. The summed E-state index contributed by atoms with van der Waals surface area (Å²) in [6, 6.07) is 8.04. The van der Waals surface area contributed by atoms with Gasteiger partial charge in [-0.2, -0.15) is 0 Å². The van der Waals surface area contributed by atoms with Gasteiger partial charge in [-0.15, -0.1) is 24.0 Å². The van der Waals surface area contributed by atoms with Crippen molar-refractivity contribution in [2.75, 3.05) is 39.8 Å². The second kappa shape index (κ2) is 13.4. The quantitative estimate of drug-likeness (QED) is 0.191. The summed E-state index contributed by atoms with van der Waals surface area (Å²) in [5, 5.41) is 7.60. The van der Waals surface area contributed by atoms with Gasteiger partial charge in [-0.05, 0) is 61.9 Å². The highest BCUT2D eigenvalue weighted by molar-refractivity contribution is 14.0. The highest BCUT2D eigenvalue weighted by Crippen LogP contribution is 2.22. The van der Waals surface area contributed by atoms with Crippen molar-refractivity contribution in [1.29, 1.82) is 0 Å². The number of guanidine groups is 1. The summed E-state index contributed by atoms with van der Waals surface area (Å²) >= 11 is 6.10. The smallest absolute Gasteiger partial charge is 0.221 e. The number of aliphatic imine (C=N–C) groups is 1. The fourth-order valence-electron chi connectivity index (χ4n) is 3.81. The lowest BCUT2D eigenvalue weighted by molar-refractivity contribution is -0.123. The molecule has 1 heterocycles. The van der Waals surface area contributed by atoms with E-state index in [1.54, 1.807) is 7.05 Å². The van der Waals surface area contributed by atoms with Crippen LogP contribution in [0.3, 0.4) is 0 Å². The van der Waals surface area contributed by atoms with Crippen molar-refractivity contribution in [1.82, 2.24) is 15.5 Å². The third kappa shape index (κ3) is 9.83. The first-order valence-corrected chi connectivity index (χ1v) is 10.9. The zero-order chi connectivity index (χ0) is 21.3. The van der Waals surface area contributed by atoms with Crippen LogP contribution in [0.5, 0.6) is 0 Å². The number of hydrogen-bond donors (Lipinski definition) is 3. The molecule has 0 saturated carbocycles. The summed E-state index contributed by atoms with van der Waals surface area (Å²) in [6.45, 7) is 8.93. The average Bonchev–Trinajstić information content (AvgIpc) is 2.67. The molecular formula is C22H37ClIN5O. The van der Waals surface area contributed by atoms with Crippen LogP contribution >= 0.6 is 35.6 Å². The van der Waals surface area contributed by atoms with Gasteiger partial charge in [-0.3, -0.25) is 9.79 Å². The van der Waals surface area contributed by atoms with Crippen LogP contribution in [0.15, 0.2) is 29.3 Å². The van der Waals surface area contributed by atoms with Crippen LogP contribution in [-0.2, 0) is 11.2 Å². The highest BCUT2D eigenvalue weighted by Gasteiger charge is 2.23. The highest BCUT2D eigenvalue weighted by atomic mass is 127. The van der Waals surface area contributed by atoms with Gasteiger partial charge in [0.15, 0.2) is 5.96 Å². The minimum Gasteiger partial charge on any atom is -0.369 e. The maximum absolute atomic E-state index is 11.4. The van der Waals surface area contributed by atoms with Gasteiger partial charge >= 0.3 is 0 Å². The Kier molecular flexibility index (Phi) is 12.0. The van der Waals surface area contributed by atoms with Crippen LogP contribution in [0.4, 0.5) is 0 Å². The van der Waals surface area contributed by atoms with Crippen LogP contribution in [0, 0.1) is 11.3 Å². The van der Waals surface area contributed by atoms with Crippen molar-refractivity contribution in [2.24, 2.45) is 22.1 Å². The van der Waals surface area contributed by atoms with Gasteiger partial charge in [0, 0.05) is 31.7 Å². The lowest BCUT2D eigenvalue weighted by atomic mass is 9.86. The molecule has 1 aliphatic rings. The predicted molar refractivity (Wildman–Crippen MR) is 137 cm³/mol. The van der Waals surface area contributed by atoms with E-state index in [2.05, 4.69) is 40.4 Å². The van der Waals surface area contributed by atoms with Crippen LogP contribution in [0.2, 0.25) is 5.02 Å². The Hall–Kier alpha value is -1.06. The number of benzene rings is 1. The second-order valence-electron chi connectivity index (χ2n) is 8.72. The number of carbonyl (C=O) groups excluding carboxylic acids is 1. The van der Waals surface area contributed by atoms with Gasteiger partial charge in [0.1, 0.15) is 0 Å². The molecule has 4 N–H and O–H groups in total. The molecule has 1 aliphatic heterocycles. The molecule has 8 heteroatoms. The number of piperidine rings is 1. The Bertz CT molecular complexity index is 698. The van der Waals surface area contributed by atoms with E-state index in [1.807, 2.05) is 18.2 Å². The van der Waals surface area contributed by atoms with Crippen LogP contribution < -0.4 is 16.4 Å². The standard InChI is InChI=1S/C22H36ClN5O.HI/c1-22(2,14-17-7-4-9-19(23)13-17)16-27-21(25-3)26-10-6-12-28-11-5-8-18(15-28)20(24)29;/h4,7,9,13,18H,5-6,8,10-12,14-16H2,1-3H3,(H2,24,29)(H2,25,26,27);1H. The van der Waals surface area contributed by atoms with Crippen molar-refractivity contribution in [3.8, 4) is 0 Å². The first-order valence-electron chi connectivity index (χ1n) is 10.5. The van der Waals surface area contributed by atoms with Crippen molar-refractivity contribution in [3.63, 3.8) is 0 Å². The first kappa shape index (κ1) is 27.0. The molecule has 1 aromatic carbocycles. The van der Waals surface area contributed by atoms with Gasteiger partial charge in [0.05, 0.1) is 5.92 Å². The third-order valence-electron chi connectivity index (χ3n) is 5.38. The number of nitrogens with two attached hydrogens (primary N) is 1. The molecule has 1 saturated heterocycles. The van der Waals surface area contributed by atoms with Crippen LogP contribution in [0.1, 0.15) is 38.7 Å². The third-order valence-corrected chi connectivity index (χ3v) is 5.62. The number of likely N-dealkylation sites (tertiary alicyclic amines) is 1. The lowest BCUT2D eigenvalue weighted by Gasteiger charge is -2.31. The van der Waals surface area contributed by atoms with Crippen LogP contribution in [0.25, 0.3) is 0 Å². The molecule has 0 radical (unpaired) electrons. The maximum Gasteiger partial charge on any atom is 0.221 e. The SMILES string of the molecule is CN=C(NCCCN1CCCC(C(N)=O)C1)NCC(C)(C)Cc1cccc(Cl)c1.I. The maximum atomic E-state index is 11.4. The Morgan fingerprint density at radius 2 is 2.13 bits per heavy atom. The summed E-state index contributed by atoms with van der Waals surface area (Å²) in [7, 11) is 1.79. The molecule has 30 heavy (non-hydrogen) atoms. The lowest BCUT2D eigenvalue weighted by Crippen LogP contribution is -2.44. The summed E-state index contributed by atoms with van der Waals surface area (Å²) in [6.07, 6.45) is 3.91. The zero-order valence-electron chi connectivity index (χ0n) is 18.4. The number of amides is 1. The number of rotatable bonds is 9. The fourth-order valence-corrected chi connectivity index (χ4v) is 4.02. The number of halogens is 2. The molecule has 1 aromatic rings. The Labute approximate surface area is 203 Å². The van der Waals surface area contributed by atoms with E-state index >= 15 is 0 Å². The summed E-state index contributed by atoms with van der Waals surface area (Å²) in [5.41, 5.74) is 6.77. The van der Waals surface area contributed by atoms with Gasteiger partial charge in [-0.1, -0.05) is 37.6 Å². The number of carbonyl (C=O) groups is 1. The molecule has 170 valence electrons. The molecule has 2 rings (SSSR count). The largest absolute Gasteiger partial charge is 0.369 e. The van der Waals surface area contributed by atoms with Gasteiger partial charge in [0.2, 0.25) is 5.91 Å².